The summed E-state index contributed by atoms with van der Waals surface area (Å²) >= 11 is 0. The second-order valence-electron chi connectivity index (χ2n) is 7.79. The Kier molecular flexibility index (Phi) is 6.31. The fourth-order valence-electron chi connectivity index (χ4n) is 4.01. The molecule has 164 valence electrons. The molecule has 0 amide bonds. The van der Waals surface area contributed by atoms with Crippen molar-refractivity contribution >= 4 is 22.8 Å². The molecule has 2 aromatic heterocycles. The number of anilines is 1. The number of hydrogen-bond donors (Lipinski definition) is 2. The summed E-state index contributed by atoms with van der Waals surface area (Å²) in [5.41, 5.74) is 4.60. The monoisotopic (exact) mass is 422 g/mol. The molecule has 9 heteroatoms. The van der Waals surface area contributed by atoms with Crippen molar-refractivity contribution < 1.29 is 4.74 Å². The van der Waals surface area contributed by atoms with E-state index in [1.54, 1.807) is 17.2 Å². The summed E-state index contributed by atoms with van der Waals surface area (Å²) < 4.78 is 7.82. The summed E-state index contributed by atoms with van der Waals surface area (Å²) in [6.07, 6.45) is 3.39. The molecular formula is C22H30N8O. The third-order valence-corrected chi connectivity index (χ3v) is 5.58. The second kappa shape index (κ2) is 9.30. The van der Waals surface area contributed by atoms with Crippen LogP contribution in [-0.4, -0.2) is 70.4 Å². The Balaban J connectivity index is 1.33. The van der Waals surface area contributed by atoms with Gasteiger partial charge in [0.05, 0.1) is 24.7 Å². The van der Waals surface area contributed by atoms with Crippen LogP contribution in [0.3, 0.4) is 0 Å². The number of aryl methyl sites for hydroxylation is 3. The number of nitrogens with zero attached hydrogens (tertiary/aromatic N) is 6. The molecule has 1 saturated heterocycles. The molecule has 31 heavy (non-hydrogen) atoms. The van der Waals surface area contributed by atoms with Gasteiger partial charge in [-0.25, -0.2) is 9.97 Å². The van der Waals surface area contributed by atoms with Crippen LogP contribution in [0, 0.1) is 13.8 Å². The predicted octanol–water partition coefficient (Wildman–Crippen LogP) is 2.04. The lowest BCUT2D eigenvalue weighted by molar-refractivity contribution is -0.00828. The van der Waals surface area contributed by atoms with Gasteiger partial charge in [-0.3, -0.25) is 9.67 Å². The van der Waals surface area contributed by atoms with Crippen LogP contribution in [0.5, 0.6) is 0 Å². The summed E-state index contributed by atoms with van der Waals surface area (Å²) in [4.78, 5) is 15.4. The standard InChI is InChI=1S/C22H30N8O/c1-15-5-6-17(16(2)11-15)19-13-30(9-10-31-19)22(23-3)25-8-7-24-20-18-12-28-29(4)21(18)27-14-26-20/h5-6,11-12,14,19H,7-10,13H2,1-4H3,(H,23,25)(H,24,26,27). The van der Waals surface area contributed by atoms with Gasteiger partial charge in [0.2, 0.25) is 0 Å². The molecule has 3 heterocycles. The molecule has 1 unspecified atom stereocenters. The van der Waals surface area contributed by atoms with Gasteiger partial charge in [-0.2, -0.15) is 5.10 Å². The molecule has 0 aliphatic carbocycles. The quantitative estimate of drug-likeness (QED) is 0.369. The maximum atomic E-state index is 6.08. The minimum absolute atomic E-state index is 0.0471. The molecule has 1 atom stereocenters. The molecule has 0 saturated carbocycles. The summed E-state index contributed by atoms with van der Waals surface area (Å²) in [6, 6.07) is 6.54. The van der Waals surface area contributed by atoms with E-state index in [2.05, 4.69) is 67.6 Å². The van der Waals surface area contributed by atoms with Gasteiger partial charge >= 0.3 is 0 Å². The van der Waals surface area contributed by atoms with Crippen molar-refractivity contribution in [2.75, 3.05) is 45.2 Å². The largest absolute Gasteiger partial charge is 0.370 e. The third-order valence-electron chi connectivity index (χ3n) is 5.58. The lowest BCUT2D eigenvalue weighted by atomic mass is 10.00. The van der Waals surface area contributed by atoms with Crippen molar-refractivity contribution in [2.45, 2.75) is 20.0 Å². The topological polar surface area (TPSA) is 92.5 Å². The van der Waals surface area contributed by atoms with Gasteiger partial charge in [-0.15, -0.1) is 0 Å². The van der Waals surface area contributed by atoms with Crippen molar-refractivity contribution in [1.29, 1.82) is 0 Å². The molecule has 9 nitrogen and oxygen atoms in total. The lowest BCUT2D eigenvalue weighted by Gasteiger charge is -2.35. The Bertz CT molecular complexity index is 1080. The first kappa shape index (κ1) is 21.0. The van der Waals surface area contributed by atoms with Crippen LogP contribution in [-0.2, 0) is 11.8 Å². The zero-order valence-corrected chi connectivity index (χ0v) is 18.6. The van der Waals surface area contributed by atoms with Gasteiger partial charge in [0, 0.05) is 33.7 Å². The zero-order valence-electron chi connectivity index (χ0n) is 18.6. The second-order valence-corrected chi connectivity index (χ2v) is 7.79. The van der Waals surface area contributed by atoms with Crippen LogP contribution in [0.2, 0.25) is 0 Å². The van der Waals surface area contributed by atoms with Crippen molar-refractivity contribution in [3.05, 3.63) is 47.4 Å². The number of ether oxygens (including phenoxy) is 1. The maximum Gasteiger partial charge on any atom is 0.193 e. The van der Waals surface area contributed by atoms with E-state index in [1.165, 1.54) is 16.7 Å². The van der Waals surface area contributed by atoms with Gasteiger partial charge < -0.3 is 20.3 Å². The highest BCUT2D eigenvalue weighted by atomic mass is 16.5. The van der Waals surface area contributed by atoms with Gasteiger partial charge in [-0.1, -0.05) is 23.8 Å². The highest BCUT2D eigenvalue weighted by Gasteiger charge is 2.25. The van der Waals surface area contributed by atoms with Crippen LogP contribution >= 0.6 is 0 Å². The number of guanidine groups is 1. The Morgan fingerprint density at radius 3 is 2.94 bits per heavy atom. The normalized spacial score (nSPS) is 17.2. The van der Waals surface area contributed by atoms with Crippen LogP contribution < -0.4 is 10.6 Å². The third kappa shape index (κ3) is 4.61. The van der Waals surface area contributed by atoms with E-state index in [0.717, 1.165) is 35.9 Å². The van der Waals surface area contributed by atoms with E-state index in [-0.39, 0.29) is 6.10 Å². The van der Waals surface area contributed by atoms with Crippen LogP contribution in [0.4, 0.5) is 5.82 Å². The van der Waals surface area contributed by atoms with E-state index in [9.17, 15) is 0 Å². The molecule has 0 spiro atoms. The molecule has 1 aliphatic heterocycles. The van der Waals surface area contributed by atoms with Crippen molar-refractivity contribution in [2.24, 2.45) is 12.0 Å². The number of aromatic nitrogens is 4. The summed E-state index contributed by atoms with van der Waals surface area (Å²) in [5.74, 6) is 1.67. The zero-order chi connectivity index (χ0) is 21.8. The fourth-order valence-corrected chi connectivity index (χ4v) is 4.01. The van der Waals surface area contributed by atoms with Gasteiger partial charge in [-0.05, 0) is 25.0 Å². The van der Waals surface area contributed by atoms with Crippen LogP contribution in [0.15, 0.2) is 35.7 Å². The fraction of sp³-hybridized carbons (Fsp3) is 0.455. The van der Waals surface area contributed by atoms with Crippen LogP contribution in [0.25, 0.3) is 11.0 Å². The van der Waals surface area contributed by atoms with Crippen LogP contribution in [0.1, 0.15) is 22.8 Å². The number of aliphatic imine (C=N–C) groups is 1. The number of rotatable bonds is 5. The summed E-state index contributed by atoms with van der Waals surface area (Å²) in [6.45, 7) is 7.95. The molecule has 3 aromatic rings. The number of nitrogens with one attached hydrogen (secondary N) is 2. The van der Waals surface area contributed by atoms with Crippen molar-refractivity contribution in [3.8, 4) is 0 Å². The Morgan fingerprint density at radius 2 is 2.13 bits per heavy atom. The Labute approximate surface area is 182 Å². The predicted molar refractivity (Wildman–Crippen MR) is 122 cm³/mol. The van der Waals surface area contributed by atoms with Gasteiger partial charge in [0.15, 0.2) is 11.6 Å². The first-order chi connectivity index (χ1) is 15.1. The number of benzene rings is 1. The van der Waals surface area contributed by atoms with E-state index in [1.807, 2.05) is 14.1 Å². The molecule has 0 bridgehead atoms. The summed E-state index contributed by atoms with van der Waals surface area (Å²) in [5, 5.41) is 12.0. The molecular weight excluding hydrogens is 392 g/mol. The minimum Gasteiger partial charge on any atom is -0.370 e. The Morgan fingerprint density at radius 1 is 1.26 bits per heavy atom. The average molecular weight is 423 g/mol. The Hall–Kier alpha value is -3.20. The van der Waals surface area contributed by atoms with Gasteiger partial charge in [0.1, 0.15) is 18.2 Å². The molecule has 2 N–H and O–H groups in total. The van der Waals surface area contributed by atoms with Gasteiger partial charge in [0.25, 0.3) is 0 Å². The first-order valence-electron chi connectivity index (χ1n) is 10.6. The van der Waals surface area contributed by atoms with Crippen molar-refractivity contribution in [1.82, 2.24) is 30.0 Å². The molecule has 4 rings (SSSR count). The molecule has 1 fully saturated rings. The van der Waals surface area contributed by atoms with E-state index < -0.39 is 0 Å². The average Bonchev–Trinajstić information content (AvgIpc) is 3.15. The minimum atomic E-state index is 0.0471. The molecule has 0 radical (unpaired) electrons. The number of morpholine rings is 1. The number of fused-ring (bicyclic) bond motifs is 1. The maximum absolute atomic E-state index is 6.08. The van der Waals surface area contributed by atoms with E-state index >= 15 is 0 Å². The van der Waals surface area contributed by atoms with E-state index in [0.29, 0.717) is 19.7 Å². The smallest absolute Gasteiger partial charge is 0.193 e. The van der Waals surface area contributed by atoms with E-state index in [4.69, 9.17) is 4.74 Å². The SMILES string of the molecule is CN=C(NCCNc1ncnc2c1cnn2C)N1CCOC(c2ccc(C)cc2C)C1. The highest BCUT2D eigenvalue weighted by Crippen LogP contribution is 2.26. The molecule has 1 aromatic carbocycles. The first-order valence-corrected chi connectivity index (χ1v) is 10.6. The highest BCUT2D eigenvalue weighted by molar-refractivity contribution is 5.86. The lowest BCUT2D eigenvalue weighted by Crippen LogP contribution is -2.49. The summed E-state index contributed by atoms with van der Waals surface area (Å²) in [7, 11) is 3.69. The number of hydrogen-bond acceptors (Lipinski definition) is 6. The molecule has 1 aliphatic rings. The van der Waals surface area contributed by atoms with Crippen molar-refractivity contribution in [3.63, 3.8) is 0 Å².